The van der Waals surface area contributed by atoms with Gasteiger partial charge in [0.05, 0.1) is 29.8 Å². The lowest BCUT2D eigenvalue weighted by Gasteiger charge is -2.08. The molecule has 0 aliphatic carbocycles. The lowest BCUT2D eigenvalue weighted by Crippen LogP contribution is -2.15. The summed E-state index contributed by atoms with van der Waals surface area (Å²) >= 11 is 6.17. The monoisotopic (exact) mass is 379 g/mol. The fourth-order valence-corrected chi connectivity index (χ4v) is 3.22. The van der Waals surface area contributed by atoms with Gasteiger partial charge in [-0.25, -0.2) is 0 Å². The minimum absolute atomic E-state index is 0.0584. The standard InChI is InChI=1S/C20H18ClN5O/c21-18-6-2-7-19-17(18)13-23-26(19)11-8-20(27)24-16-5-1-4-15(12-16)14-25-10-3-9-22-25/h1-7,9-10,12-13H,8,11,14H2,(H,24,27). The number of carbonyl (C=O) groups is 1. The number of halogens is 1. The van der Waals surface area contributed by atoms with Gasteiger partial charge in [-0.05, 0) is 35.9 Å². The molecule has 0 saturated heterocycles. The van der Waals surface area contributed by atoms with Crippen molar-refractivity contribution in [1.82, 2.24) is 19.6 Å². The highest BCUT2D eigenvalue weighted by Gasteiger charge is 2.08. The number of rotatable bonds is 6. The number of aryl methyl sites for hydroxylation is 1. The van der Waals surface area contributed by atoms with E-state index in [-0.39, 0.29) is 5.91 Å². The van der Waals surface area contributed by atoms with E-state index in [9.17, 15) is 4.79 Å². The van der Waals surface area contributed by atoms with Gasteiger partial charge in [0.1, 0.15) is 0 Å². The Morgan fingerprint density at radius 2 is 2.00 bits per heavy atom. The van der Waals surface area contributed by atoms with Crippen LogP contribution in [-0.4, -0.2) is 25.5 Å². The second kappa shape index (κ2) is 7.63. The average Bonchev–Trinajstić information content (AvgIpc) is 3.31. The zero-order chi connectivity index (χ0) is 18.6. The fourth-order valence-electron chi connectivity index (χ4n) is 3.01. The Bertz CT molecular complexity index is 1070. The van der Waals surface area contributed by atoms with E-state index in [2.05, 4.69) is 15.5 Å². The van der Waals surface area contributed by atoms with Crippen LogP contribution in [0.1, 0.15) is 12.0 Å². The van der Waals surface area contributed by atoms with Crippen LogP contribution in [0.4, 0.5) is 5.69 Å². The van der Waals surface area contributed by atoms with Gasteiger partial charge in [-0.2, -0.15) is 10.2 Å². The van der Waals surface area contributed by atoms with Gasteiger partial charge in [0.2, 0.25) is 5.91 Å². The largest absolute Gasteiger partial charge is 0.326 e. The van der Waals surface area contributed by atoms with Crippen molar-refractivity contribution in [1.29, 1.82) is 0 Å². The zero-order valence-corrected chi connectivity index (χ0v) is 15.3. The molecule has 2 aromatic carbocycles. The second-order valence-electron chi connectivity index (χ2n) is 6.24. The van der Waals surface area contributed by atoms with E-state index in [1.54, 1.807) is 17.1 Å². The molecule has 7 heteroatoms. The normalized spacial score (nSPS) is 11.0. The van der Waals surface area contributed by atoms with Gasteiger partial charge >= 0.3 is 0 Å². The summed E-state index contributed by atoms with van der Waals surface area (Å²) in [6.07, 6.45) is 5.71. The molecule has 0 spiro atoms. The molecule has 2 aromatic heterocycles. The molecule has 1 amide bonds. The van der Waals surface area contributed by atoms with Crippen LogP contribution in [0.3, 0.4) is 0 Å². The maximum atomic E-state index is 12.3. The molecular weight excluding hydrogens is 362 g/mol. The highest BCUT2D eigenvalue weighted by molar-refractivity contribution is 6.35. The molecule has 4 rings (SSSR count). The molecule has 0 aliphatic heterocycles. The summed E-state index contributed by atoms with van der Waals surface area (Å²) in [7, 11) is 0. The van der Waals surface area contributed by atoms with Gasteiger partial charge < -0.3 is 5.32 Å². The van der Waals surface area contributed by atoms with Gasteiger partial charge in [-0.1, -0.05) is 29.8 Å². The van der Waals surface area contributed by atoms with Crippen LogP contribution in [0.5, 0.6) is 0 Å². The second-order valence-corrected chi connectivity index (χ2v) is 6.65. The molecule has 0 aliphatic rings. The number of nitrogens with zero attached hydrogens (tertiary/aromatic N) is 4. The minimum atomic E-state index is -0.0584. The molecule has 0 bridgehead atoms. The Hall–Kier alpha value is -3.12. The molecule has 0 saturated carbocycles. The van der Waals surface area contributed by atoms with Crippen molar-refractivity contribution in [2.45, 2.75) is 19.5 Å². The molecule has 0 unspecified atom stereocenters. The predicted octanol–water partition coefficient (Wildman–Crippen LogP) is 3.96. The van der Waals surface area contributed by atoms with E-state index in [0.29, 0.717) is 24.5 Å². The Morgan fingerprint density at radius 1 is 1.11 bits per heavy atom. The fraction of sp³-hybridized carbons (Fsp3) is 0.150. The van der Waals surface area contributed by atoms with Crippen LogP contribution in [0.25, 0.3) is 10.9 Å². The van der Waals surface area contributed by atoms with Crippen LogP contribution in [0.15, 0.2) is 67.1 Å². The molecule has 136 valence electrons. The van der Waals surface area contributed by atoms with Crippen LogP contribution in [-0.2, 0) is 17.9 Å². The first-order valence-electron chi connectivity index (χ1n) is 8.65. The molecule has 0 fully saturated rings. The van der Waals surface area contributed by atoms with Crippen LogP contribution in [0, 0.1) is 0 Å². The van der Waals surface area contributed by atoms with Crippen molar-refractivity contribution in [3.8, 4) is 0 Å². The highest BCUT2D eigenvalue weighted by atomic mass is 35.5. The molecule has 0 atom stereocenters. The molecule has 0 radical (unpaired) electrons. The topological polar surface area (TPSA) is 64.7 Å². The Balaban J connectivity index is 1.38. The summed E-state index contributed by atoms with van der Waals surface area (Å²) in [5.74, 6) is -0.0584. The third kappa shape index (κ3) is 4.01. The number of hydrogen-bond acceptors (Lipinski definition) is 3. The van der Waals surface area contributed by atoms with Gasteiger partial charge in [0.15, 0.2) is 0 Å². The maximum absolute atomic E-state index is 12.3. The molecule has 1 N–H and O–H groups in total. The SMILES string of the molecule is O=C(CCn1ncc2c(Cl)cccc21)Nc1cccc(Cn2cccn2)c1. The zero-order valence-electron chi connectivity index (χ0n) is 14.5. The van der Waals surface area contributed by atoms with E-state index >= 15 is 0 Å². The number of benzene rings is 2. The average molecular weight is 380 g/mol. The Labute approximate surface area is 161 Å². The number of hydrogen-bond donors (Lipinski definition) is 1. The quantitative estimate of drug-likeness (QED) is 0.551. The van der Waals surface area contributed by atoms with E-state index in [1.807, 2.05) is 59.4 Å². The molecule has 4 aromatic rings. The van der Waals surface area contributed by atoms with Crippen LogP contribution < -0.4 is 5.32 Å². The third-order valence-corrected chi connectivity index (χ3v) is 4.63. The predicted molar refractivity (Wildman–Crippen MR) is 106 cm³/mol. The van der Waals surface area contributed by atoms with Crippen molar-refractivity contribution < 1.29 is 4.79 Å². The number of amides is 1. The van der Waals surface area contributed by atoms with E-state index in [1.165, 1.54) is 0 Å². The lowest BCUT2D eigenvalue weighted by molar-refractivity contribution is -0.116. The van der Waals surface area contributed by atoms with Gasteiger partial charge in [-0.3, -0.25) is 14.2 Å². The molecule has 2 heterocycles. The number of anilines is 1. The van der Waals surface area contributed by atoms with Gasteiger partial charge in [0.25, 0.3) is 0 Å². The number of nitrogens with one attached hydrogen (secondary N) is 1. The molecule has 6 nitrogen and oxygen atoms in total. The van der Waals surface area contributed by atoms with E-state index in [0.717, 1.165) is 22.2 Å². The van der Waals surface area contributed by atoms with Crippen molar-refractivity contribution in [2.24, 2.45) is 0 Å². The number of aromatic nitrogens is 4. The first-order valence-corrected chi connectivity index (χ1v) is 9.03. The van der Waals surface area contributed by atoms with Crippen LogP contribution >= 0.6 is 11.6 Å². The smallest absolute Gasteiger partial charge is 0.226 e. The Kier molecular flexibility index (Phi) is 4.89. The summed E-state index contributed by atoms with van der Waals surface area (Å²) in [6, 6.07) is 15.3. The maximum Gasteiger partial charge on any atom is 0.226 e. The summed E-state index contributed by atoms with van der Waals surface area (Å²) in [6.45, 7) is 1.15. The number of fused-ring (bicyclic) bond motifs is 1. The lowest BCUT2D eigenvalue weighted by atomic mass is 10.2. The summed E-state index contributed by atoms with van der Waals surface area (Å²) in [4.78, 5) is 12.3. The van der Waals surface area contributed by atoms with Gasteiger partial charge in [0, 0.05) is 29.9 Å². The Morgan fingerprint density at radius 3 is 2.85 bits per heavy atom. The summed E-state index contributed by atoms with van der Waals surface area (Å²) in [5, 5.41) is 13.0. The molecule has 27 heavy (non-hydrogen) atoms. The first kappa shape index (κ1) is 17.3. The minimum Gasteiger partial charge on any atom is -0.326 e. The molecular formula is C20H18ClN5O. The van der Waals surface area contributed by atoms with Crippen LogP contribution in [0.2, 0.25) is 5.02 Å². The third-order valence-electron chi connectivity index (χ3n) is 4.30. The first-order chi connectivity index (χ1) is 13.2. The van der Waals surface area contributed by atoms with E-state index < -0.39 is 0 Å². The summed E-state index contributed by atoms with van der Waals surface area (Å²) in [5.41, 5.74) is 2.78. The number of carbonyl (C=O) groups excluding carboxylic acids is 1. The van der Waals surface area contributed by atoms with Gasteiger partial charge in [-0.15, -0.1) is 0 Å². The van der Waals surface area contributed by atoms with Crippen molar-refractivity contribution in [3.63, 3.8) is 0 Å². The van der Waals surface area contributed by atoms with Crippen molar-refractivity contribution in [2.75, 3.05) is 5.32 Å². The van der Waals surface area contributed by atoms with Crippen molar-refractivity contribution in [3.05, 3.63) is 77.7 Å². The van der Waals surface area contributed by atoms with Crippen molar-refractivity contribution >= 4 is 34.1 Å². The van der Waals surface area contributed by atoms with E-state index in [4.69, 9.17) is 11.6 Å². The highest BCUT2D eigenvalue weighted by Crippen LogP contribution is 2.22. The summed E-state index contributed by atoms with van der Waals surface area (Å²) < 4.78 is 3.64.